The number of aryl methyl sites for hydroxylation is 1. The lowest BCUT2D eigenvalue weighted by Gasteiger charge is -2.14. The number of halogens is 1. The molecule has 0 aliphatic carbocycles. The van der Waals surface area contributed by atoms with Crippen LogP contribution in [0.5, 0.6) is 0 Å². The van der Waals surface area contributed by atoms with E-state index in [1.165, 1.54) is 0 Å². The maximum atomic E-state index is 11.8. The molecule has 138 valence electrons. The molecule has 1 aromatic rings. The molecule has 2 unspecified atom stereocenters. The first-order valence-electron chi connectivity index (χ1n) is 8.20. The molecule has 1 aliphatic heterocycles. The predicted molar refractivity (Wildman–Crippen MR) is 94.3 cm³/mol. The molecule has 1 aliphatic rings. The molecule has 0 aromatic carbocycles. The van der Waals surface area contributed by atoms with Crippen LogP contribution in [0.1, 0.15) is 30.8 Å². The third-order valence-corrected chi connectivity index (χ3v) is 4.19. The van der Waals surface area contributed by atoms with E-state index < -0.39 is 0 Å². The van der Waals surface area contributed by atoms with Gasteiger partial charge < -0.3 is 20.5 Å². The van der Waals surface area contributed by atoms with Crippen molar-refractivity contribution >= 4 is 18.4 Å². The second kappa shape index (κ2) is 9.36. The first kappa shape index (κ1) is 20.9. The van der Waals surface area contributed by atoms with Crippen molar-refractivity contribution in [2.75, 3.05) is 19.6 Å². The van der Waals surface area contributed by atoms with Crippen molar-refractivity contribution in [3.05, 3.63) is 17.0 Å². The van der Waals surface area contributed by atoms with Crippen molar-refractivity contribution in [3.63, 3.8) is 0 Å². The van der Waals surface area contributed by atoms with E-state index in [2.05, 4.69) is 15.7 Å². The fourth-order valence-electron chi connectivity index (χ4n) is 2.88. The van der Waals surface area contributed by atoms with E-state index >= 15 is 0 Å². The lowest BCUT2D eigenvalue weighted by Crippen LogP contribution is -2.30. The first-order chi connectivity index (χ1) is 10.9. The number of rotatable bonds is 7. The summed E-state index contributed by atoms with van der Waals surface area (Å²) in [7, 11) is 0. The highest BCUT2D eigenvalue weighted by Gasteiger charge is 2.24. The van der Waals surface area contributed by atoms with Gasteiger partial charge in [-0.2, -0.15) is 5.10 Å². The van der Waals surface area contributed by atoms with Crippen LogP contribution in [0.3, 0.4) is 0 Å². The van der Waals surface area contributed by atoms with Gasteiger partial charge in [0.25, 0.3) is 0 Å². The van der Waals surface area contributed by atoms with E-state index in [0.29, 0.717) is 13.1 Å². The molecule has 2 heterocycles. The molecular formula is C16H29ClN4O3. The minimum atomic E-state index is -0.279. The summed E-state index contributed by atoms with van der Waals surface area (Å²) in [5.74, 6) is -0.0306. The van der Waals surface area contributed by atoms with Gasteiger partial charge in [0, 0.05) is 43.4 Å². The van der Waals surface area contributed by atoms with Gasteiger partial charge >= 0.3 is 5.97 Å². The van der Waals surface area contributed by atoms with Crippen LogP contribution in [0, 0.1) is 19.8 Å². The molecule has 0 saturated carbocycles. The van der Waals surface area contributed by atoms with Gasteiger partial charge in [0.1, 0.15) is 6.54 Å². The van der Waals surface area contributed by atoms with Crippen LogP contribution in [0.25, 0.3) is 0 Å². The maximum Gasteiger partial charge on any atom is 0.328 e. The van der Waals surface area contributed by atoms with Gasteiger partial charge in [-0.3, -0.25) is 9.48 Å². The van der Waals surface area contributed by atoms with Crippen LogP contribution in [0.2, 0.25) is 0 Å². The summed E-state index contributed by atoms with van der Waals surface area (Å²) in [6.45, 7) is 10.7. The number of esters is 1. The lowest BCUT2D eigenvalue weighted by molar-refractivity contribution is -0.148. The molecule has 0 amide bonds. The Kier molecular flexibility index (Phi) is 8.15. The third kappa shape index (κ3) is 5.44. The molecule has 8 heteroatoms. The molecule has 0 spiro atoms. The van der Waals surface area contributed by atoms with E-state index in [-0.39, 0.29) is 43.0 Å². The molecule has 2 rings (SSSR count). The summed E-state index contributed by atoms with van der Waals surface area (Å²) < 4.78 is 6.87. The van der Waals surface area contributed by atoms with E-state index in [9.17, 15) is 9.90 Å². The standard InChI is InChI=1S/C16H28N4O3.ClH/c1-10(2)23-16(22)9-20-12(4)14(11(3)19-20)7-17-5-13-6-18-8-15(13)21;/h10,13,15,17-18,21H,5-9H2,1-4H3;1H. The zero-order valence-corrected chi connectivity index (χ0v) is 15.7. The van der Waals surface area contributed by atoms with Crippen LogP contribution < -0.4 is 10.6 Å². The Bertz CT molecular complexity index is 548. The monoisotopic (exact) mass is 360 g/mol. The predicted octanol–water partition coefficient (Wildman–Crippen LogP) is 0.543. The quantitative estimate of drug-likeness (QED) is 0.615. The topological polar surface area (TPSA) is 88.4 Å². The van der Waals surface area contributed by atoms with Gasteiger partial charge in [0.2, 0.25) is 0 Å². The Balaban J connectivity index is 0.00000288. The Morgan fingerprint density at radius 2 is 2.17 bits per heavy atom. The molecule has 3 N–H and O–H groups in total. The van der Waals surface area contributed by atoms with Crippen LogP contribution in [-0.4, -0.2) is 52.7 Å². The van der Waals surface area contributed by atoms with Crippen molar-refractivity contribution in [1.82, 2.24) is 20.4 Å². The SMILES string of the molecule is Cc1nn(CC(=O)OC(C)C)c(C)c1CNCC1CNCC1O.Cl. The number of carbonyl (C=O) groups is 1. The molecule has 24 heavy (non-hydrogen) atoms. The van der Waals surface area contributed by atoms with E-state index in [4.69, 9.17) is 4.74 Å². The van der Waals surface area contributed by atoms with Gasteiger partial charge in [0.05, 0.1) is 17.9 Å². The number of aliphatic hydroxyl groups is 1. The highest BCUT2D eigenvalue weighted by molar-refractivity contribution is 5.85. The fraction of sp³-hybridized carbons (Fsp3) is 0.750. The minimum Gasteiger partial charge on any atom is -0.462 e. The minimum absolute atomic E-state index is 0. The van der Waals surface area contributed by atoms with Crippen LogP contribution >= 0.6 is 12.4 Å². The van der Waals surface area contributed by atoms with Gasteiger partial charge in [0.15, 0.2) is 0 Å². The number of carbonyl (C=O) groups excluding carboxylic acids is 1. The second-order valence-electron chi connectivity index (χ2n) is 6.46. The summed E-state index contributed by atoms with van der Waals surface area (Å²) in [5.41, 5.74) is 2.99. The Labute approximate surface area is 149 Å². The number of nitrogens with zero attached hydrogens (tertiary/aromatic N) is 2. The summed E-state index contributed by atoms with van der Waals surface area (Å²) in [5, 5.41) is 20.8. The van der Waals surface area contributed by atoms with Crippen molar-refractivity contribution in [3.8, 4) is 0 Å². The smallest absolute Gasteiger partial charge is 0.328 e. The Morgan fingerprint density at radius 1 is 1.46 bits per heavy atom. The highest BCUT2D eigenvalue weighted by atomic mass is 35.5. The molecular weight excluding hydrogens is 332 g/mol. The van der Waals surface area contributed by atoms with Crippen molar-refractivity contribution in [2.45, 2.75) is 53.0 Å². The molecule has 1 saturated heterocycles. The molecule has 0 radical (unpaired) electrons. The Hall–Kier alpha value is -1.15. The average molecular weight is 361 g/mol. The molecule has 2 atom stereocenters. The van der Waals surface area contributed by atoms with Gasteiger partial charge in [-0.25, -0.2) is 0 Å². The molecule has 7 nitrogen and oxygen atoms in total. The first-order valence-corrected chi connectivity index (χ1v) is 8.20. The molecule has 1 fully saturated rings. The van der Waals surface area contributed by atoms with Crippen molar-refractivity contribution < 1.29 is 14.6 Å². The van der Waals surface area contributed by atoms with E-state index in [1.807, 2.05) is 27.7 Å². The molecule has 0 bridgehead atoms. The van der Waals surface area contributed by atoms with Crippen molar-refractivity contribution in [1.29, 1.82) is 0 Å². The van der Waals surface area contributed by atoms with Gasteiger partial charge in [-0.15, -0.1) is 12.4 Å². The summed E-state index contributed by atoms with van der Waals surface area (Å²) >= 11 is 0. The number of β-amino-alcohol motifs (C(OH)–C–C–N with tert-alkyl or cyclic N) is 1. The number of hydrogen-bond donors (Lipinski definition) is 3. The number of hydrogen-bond acceptors (Lipinski definition) is 6. The van der Waals surface area contributed by atoms with Crippen molar-refractivity contribution in [2.24, 2.45) is 5.92 Å². The van der Waals surface area contributed by atoms with E-state index in [1.54, 1.807) is 4.68 Å². The van der Waals surface area contributed by atoms with Gasteiger partial charge in [-0.1, -0.05) is 0 Å². The largest absolute Gasteiger partial charge is 0.462 e. The van der Waals surface area contributed by atoms with Crippen LogP contribution in [0.15, 0.2) is 0 Å². The summed E-state index contributed by atoms with van der Waals surface area (Å²) in [6, 6.07) is 0. The lowest BCUT2D eigenvalue weighted by atomic mass is 10.1. The zero-order chi connectivity index (χ0) is 17.0. The number of aromatic nitrogens is 2. The normalized spacial score (nSPS) is 20.2. The van der Waals surface area contributed by atoms with Gasteiger partial charge in [-0.05, 0) is 27.7 Å². The summed E-state index contributed by atoms with van der Waals surface area (Å²) in [4.78, 5) is 11.8. The maximum absolute atomic E-state index is 11.8. The van der Waals surface area contributed by atoms with Crippen LogP contribution in [-0.2, 0) is 22.6 Å². The van der Waals surface area contributed by atoms with Crippen LogP contribution in [0.4, 0.5) is 0 Å². The fourth-order valence-corrected chi connectivity index (χ4v) is 2.88. The zero-order valence-electron chi connectivity index (χ0n) is 14.8. The number of aliphatic hydroxyl groups excluding tert-OH is 1. The number of nitrogens with one attached hydrogen (secondary N) is 2. The second-order valence-corrected chi connectivity index (χ2v) is 6.46. The average Bonchev–Trinajstić information content (AvgIpc) is 2.96. The highest BCUT2D eigenvalue weighted by Crippen LogP contribution is 2.14. The third-order valence-electron chi connectivity index (χ3n) is 4.19. The molecule has 1 aromatic heterocycles. The Morgan fingerprint density at radius 3 is 2.75 bits per heavy atom. The van der Waals surface area contributed by atoms with E-state index in [0.717, 1.165) is 30.0 Å². The summed E-state index contributed by atoms with van der Waals surface area (Å²) in [6.07, 6.45) is -0.398. The number of ether oxygens (including phenoxy) is 1.